The van der Waals surface area contributed by atoms with Gasteiger partial charge in [0.1, 0.15) is 0 Å². The van der Waals surface area contributed by atoms with E-state index in [1.165, 1.54) is 0 Å². The van der Waals surface area contributed by atoms with Crippen LogP contribution in [0, 0.1) is 0 Å². The Labute approximate surface area is 102 Å². The minimum atomic E-state index is -0.425. The second kappa shape index (κ2) is 6.37. The van der Waals surface area contributed by atoms with E-state index in [0.29, 0.717) is 18.7 Å². The highest BCUT2D eigenvalue weighted by atomic mass is 16.3. The number of aliphatic hydroxyl groups is 1. The summed E-state index contributed by atoms with van der Waals surface area (Å²) in [6, 6.07) is 7.42. The summed E-state index contributed by atoms with van der Waals surface area (Å²) in [6.07, 6.45) is -0.425. The Bertz CT molecular complexity index is 379. The molecule has 0 aliphatic heterocycles. The average Bonchev–Trinajstić information content (AvgIpc) is 2.29. The van der Waals surface area contributed by atoms with Crippen molar-refractivity contribution in [3.05, 3.63) is 29.8 Å². The van der Waals surface area contributed by atoms with Crippen LogP contribution >= 0.6 is 0 Å². The van der Waals surface area contributed by atoms with Crippen molar-refractivity contribution in [2.75, 3.05) is 32.1 Å². The highest BCUT2D eigenvalue weighted by molar-refractivity contribution is 5.94. The third-order valence-electron chi connectivity index (χ3n) is 2.62. The van der Waals surface area contributed by atoms with Crippen LogP contribution in [0.1, 0.15) is 17.3 Å². The molecule has 2 N–H and O–H groups in total. The Balaban J connectivity index is 2.71. The van der Waals surface area contributed by atoms with Crippen LogP contribution in [0.5, 0.6) is 0 Å². The van der Waals surface area contributed by atoms with Crippen molar-refractivity contribution in [1.29, 1.82) is 0 Å². The van der Waals surface area contributed by atoms with Crippen LogP contribution in [0.25, 0.3) is 0 Å². The summed E-state index contributed by atoms with van der Waals surface area (Å²) in [4.78, 5) is 13.2. The van der Waals surface area contributed by atoms with E-state index in [4.69, 9.17) is 0 Å². The van der Waals surface area contributed by atoms with Crippen molar-refractivity contribution in [3.8, 4) is 0 Å². The minimum Gasteiger partial charge on any atom is -0.390 e. The number of aliphatic hydroxyl groups excluding tert-OH is 1. The molecule has 0 aliphatic carbocycles. The number of nitrogens with one attached hydrogen (secondary N) is 1. The van der Waals surface area contributed by atoms with E-state index in [1.54, 1.807) is 20.0 Å². The van der Waals surface area contributed by atoms with Crippen LogP contribution in [0.4, 0.5) is 5.69 Å². The number of benzene rings is 1. The molecule has 1 unspecified atom stereocenters. The van der Waals surface area contributed by atoms with Gasteiger partial charge in [-0.05, 0) is 26.1 Å². The van der Waals surface area contributed by atoms with Crippen LogP contribution in [-0.4, -0.2) is 44.2 Å². The van der Waals surface area contributed by atoms with Gasteiger partial charge in [-0.2, -0.15) is 0 Å². The largest absolute Gasteiger partial charge is 0.390 e. The fourth-order valence-corrected chi connectivity index (χ4v) is 1.68. The molecule has 1 aromatic rings. The van der Waals surface area contributed by atoms with E-state index in [1.807, 2.05) is 30.1 Å². The maximum absolute atomic E-state index is 11.3. The fourth-order valence-electron chi connectivity index (χ4n) is 1.68. The molecule has 0 amide bonds. The molecular weight excluding hydrogens is 216 g/mol. The number of hydrogen-bond acceptors (Lipinski definition) is 4. The van der Waals surface area contributed by atoms with Gasteiger partial charge in [-0.25, -0.2) is 0 Å². The van der Waals surface area contributed by atoms with E-state index in [9.17, 15) is 9.90 Å². The zero-order chi connectivity index (χ0) is 12.8. The lowest BCUT2D eigenvalue weighted by atomic mass is 10.1. The summed E-state index contributed by atoms with van der Waals surface area (Å²) in [6.45, 7) is 2.63. The lowest BCUT2D eigenvalue weighted by molar-refractivity contribution is 0.101. The number of nitrogens with zero attached hydrogens (tertiary/aromatic N) is 1. The van der Waals surface area contributed by atoms with E-state index in [0.717, 1.165) is 5.69 Å². The van der Waals surface area contributed by atoms with Gasteiger partial charge in [-0.15, -0.1) is 0 Å². The zero-order valence-electron chi connectivity index (χ0n) is 10.6. The van der Waals surface area contributed by atoms with Gasteiger partial charge in [0.05, 0.1) is 6.10 Å². The molecule has 4 heteroatoms. The van der Waals surface area contributed by atoms with Crippen molar-refractivity contribution in [3.63, 3.8) is 0 Å². The molecule has 0 aliphatic rings. The molecule has 1 aromatic carbocycles. The monoisotopic (exact) mass is 236 g/mol. The molecular formula is C13H20N2O2. The topological polar surface area (TPSA) is 52.6 Å². The predicted octanol–water partition coefficient (Wildman–Crippen LogP) is 0.906. The van der Waals surface area contributed by atoms with Gasteiger partial charge < -0.3 is 15.3 Å². The van der Waals surface area contributed by atoms with Gasteiger partial charge >= 0.3 is 0 Å². The molecule has 0 radical (unpaired) electrons. The van der Waals surface area contributed by atoms with Gasteiger partial charge in [0, 0.05) is 31.4 Å². The van der Waals surface area contributed by atoms with Crippen LogP contribution in [0.2, 0.25) is 0 Å². The lowest BCUT2D eigenvalue weighted by Crippen LogP contribution is -2.35. The van der Waals surface area contributed by atoms with Gasteiger partial charge in [-0.1, -0.05) is 12.1 Å². The summed E-state index contributed by atoms with van der Waals surface area (Å²) in [5, 5.41) is 12.6. The second-order valence-corrected chi connectivity index (χ2v) is 4.20. The van der Waals surface area contributed by atoms with E-state index < -0.39 is 6.10 Å². The van der Waals surface area contributed by atoms with Gasteiger partial charge in [0.15, 0.2) is 5.78 Å². The third-order valence-corrected chi connectivity index (χ3v) is 2.62. The molecule has 0 saturated carbocycles. The maximum Gasteiger partial charge on any atom is 0.159 e. The second-order valence-electron chi connectivity index (χ2n) is 4.20. The van der Waals surface area contributed by atoms with Crippen LogP contribution < -0.4 is 10.2 Å². The number of anilines is 1. The number of rotatable bonds is 6. The number of carbonyl (C=O) groups is 1. The number of ketones is 1. The highest BCUT2D eigenvalue weighted by Crippen LogP contribution is 2.15. The zero-order valence-corrected chi connectivity index (χ0v) is 10.6. The molecule has 4 nitrogen and oxygen atoms in total. The lowest BCUT2D eigenvalue weighted by Gasteiger charge is -2.23. The molecule has 0 aromatic heterocycles. The maximum atomic E-state index is 11.3. The number of carbonyl (C=O) groups excluding carboxylic acids is 1. The molecule has 0 fully saturated rings. The highest BCUT2D eigenvalue weighted by Gasteiger charge is 2.09. The van der Waals surface area contributed by atoms with E-state index in [-0.39, 0.29) is 5.78 Å². The number of hydrogen-bond donors (Lipinski definition) is 2. The first-order valence-corrected chi connectivity index (χ1v) is 5.69. The first-order valence-electron chi connectivity index (χ1n) is 5.69. The molecule has 94 valence electrons. The molecule has 0 saturated heterocycles. The summed E-state index contributed by atoms with van der Waals surface area (Å²) >= 11 is 0. The van der Waals surface area contributed by atoms with Crippen molar-refractivity contribution in [2.45, 2.75) is 13.0 Å². The Kier molecular flexibility index (Phi) is 5.12. The Morgan fingerprint density at radius 2 is 2.24 bits per heavy atom. The quantitative estimate of drug-likeness (QED) is 0.721. The Morgan fingerprint density at radius 3 is 2.82 bits per heavy atom. The number of likely N-dealkylation sites (N-methyl/N-ethyl adjacent to an activating group) is 2. The smallest absolute Gasteiger partial charge is 0.159 e. The fraction of sp³-hybridized carbons (Fsp3) is 0.462. The Morgan fingerprint density at radius 1 is 1.53 bits per heavy atom. The molecule has 1 rings (SSSR count). The molecule has 1 atom stereocenters. The van der Waals surface area contributed by atoms with Crippen molar-refractivity contribution in [2.24, 2.45) is 0 Å². The SMILES string of the molecule is CNCC(O)CN(C)c1cccc(C(C)=O)c1. The van der Waals surface area contributed by atoms with E-state index in [2.05, 4.69) is 5.32 Å². The van der Waals surface area contributed by atoms with Crippen LogP contribution in [0.3, 0.4) is 0 Å². The minimum absolute atomic E-state index is 0.0519. The van der Waals surface area contributed by atoms with Gasteiger partial charge in [0.2, 0.25) is 0 Å². The molecule has 0 spiro atoms. The number of Topliss-reactive ketones (excluding diaryl/α,β-unsaturated/α-hetero) is 1. The third kappa shape index (κ3) is 4.17. The first kappa shape index (κ1) is 13.7. The van der Waals surface area contributed by atoms with Crippen molar-refractivity contribution >= 4 is 11.5 Å². The normalized spacial score (nSPS) is 12.2. The summed E-state index contributed by atoms with van der Waals surface area (Å²) in [5.41, 5.74) is 1.63. The van der Waals surface area contributed by atoms with Gasteiger partial charge in [-0.3, -0.25) is 4.79 Å². The van der Waals surface area contributed by atoms with Crippen molar-refractivity contribution in [1.82, 2.24) is 5.32 Å². The summed E-state index contributed by atoms with van der Waals surface area (Å²) in [7, 11) is 3.71. The van der Waals surface area contributed by atoms with Gasteiger partial charge in [0.25, 0.3) is 0 Å². The van der Waals surface area contributed by atoms with Crippen LogP contribution in [-0.2, 0) is 0 Å². The van der Waals surface area contributed by atoms with Crippen molar-refractivity contribution < 1.29 is 9.90 Å². The van der Waals surface area contributed by atoms with Crippen LogP contribution in [0.15, 0.2) is 24.3 Å². The molecule has 0 heterocycles. The first-order chi connectivity index (χ1) is 8.04. The standard InChI is InChI=1S/C13H20N2O2/c1-10(16)11-5-4-6-12(7-11)15(3)9-13(17)8-14-2/h4-7,13-14,17H,8-9H2,1-3H3. The summed E-state index contributed by atoms with van der Waals surface area (Å²) in [5.74, 6) is 0.0519. The Hall–Kier alpha value is -1.39. The van der Waals surface area contributed by atoms with E-state index >= 15 is 0 Å². The predicted molar refractivity (Wildman–Crippen MR) is 69.7 cm³/mol. The molecule has 0 bridgehead atoms. The summed E-state index contributed by atoms with van der Waals surface area (Å²) < 4.78 is 0. The average molecular weight is 236 g/mol. The molecule has 17 heavy (non-hydrogen) atoms.